The van der Waals surface area contributed by atoms with Crippen LogP contribution < -0.4 is 4.74 Å². The molecule has 2 aromatic rings. The van der Waals surface area contributed by atoms with E-state index in [1.54, 1.807) is 41.3 Å². The van der Waals surface area contributed by atoms with Crippen molar-refractivity contribution in [3.05, 3.63) is 59.7 Å². The molecule has 6 nitrogen and oxygen atoms in total. The Kier molecular flexibility index (Phi) is 5.29. The number of amides is 1. The summed E-state index contributed by atoms with van der Waals surface area (Å²) in [5.74, 6) is 0.377. The number of para-hydroxylation sites is 1. The van der Waals surface area contributed by atoms with Crippen LogP contribution in [0, 0.1) is 6.92 Å². The number of ether oxygens (including phenoxy) is 1. The molecule has 1 saturated heterocycles. The monoisotopic (exact) mass is 374 g/mol. The van der Waals surface area contributed by atoms with Crippen LogP contribution in [0.25, 0.3) is 0 Å². The average Bonchev–Trinajstić information content (AvgIpc) is 2.67. The summed E-state index contributed by atoms with van der Waals surface area (Å²) < 4.78 is 32.3. The third-order valence-corrected chi connectivity index (χ3v) is 6.39. The van der Waals surface area contributed by atoms with Crippen LogP contribution >= 0.6 is 0 Å². The van der Waals surface area contributed by atoms with Gasteiger partial charge in [-0.25, -0.2) is 8.42 Å². The fourth-order valence-electron chi connectivity index (χ4n) is 3.05. The maximum atomic E-state index is 12.8. The van der Waals surface area contributed by atoms with Crippen molar-refractivity contribution in [2.75, 3.05) is 33.3 Å². The molecule has 0 unspecified atom stereocenters. The lowest BCUT2D eigenvalue weighted by atomic mass is 10.1. The average molecular weight is 374 g/mol. The van der Waals surface area contributed by atoms with Crippen LogP contribution in [0.3, 0.4) is 0 Å². The van der Waals surface area contributed by atoms with Crippen LogP contribution in [-0.4, -0.2) is 56.8 Å². The maximum Gasteiger partial charge on any atom is 0.257 e. The summed E-state index contributed by atoms with van der Waals surface area (Å²) in [6.45, 7) is 3.11. The molecule has 0 bridgehead atoms. The molecule has 0 atom stereocenters. The number of sulfonamides is 1. The van der Waals surface area contributed by atoms with Crippen molar-refractivity contribution in [2.24, 2.45) is 0 Å². The summed E-state index contributed by atoms with van der Waals surface area (Å²) in [5, 5.41) is 0. The Morgan fingerprint density at radius 2 is 1.69 bits per heavy atom. The molecule has 2 aromatic carbocycles. The lowest BCUT2D eigenvalue weighted by Crippen LogP contribution is -2.50. The van der Waals surface area contributed by atoms with E-state index in [9.17, 15) is 13.2 Å². The maximum absolute atomic E-state index is 12.8. The first-order chi connectivity index (χ1) is 12.4. The standard InChI is InChI=1S/C19H22N2O4S/c1-15-6-5-7-16(14-15)26(23,24)21-12-10-20(11-13-21)19(22)17-8-3-4-9-18(17)25-2/h3-9,14H,10-13H2,1-2H3. The fraction of sp³-hybridized carbons (Fsp3) is 0.316. The van der Waals surface area contributed by atoms with Crippen molar-refractivity contribution in [3.63, 3.8) is 0 Å². The molecule has 0 radical (unpaired) electrons. The van der Waals surface area contributed by atoms with Crippen LogP contribution in [-0.2, 0) is 10.0 Å². The molecule has 1 aliphatic heterocycles. The highest BCUT2D eigenvalue weighted by Crippen LogP contribution is 2.22. The van der Waals surface area contributed by atoms with Crippen molar-refractivity contribution in [1.29, 1.82) is 0 Å². The van der Waals surface area contributed by atoms with Crippen LogP contribution in [0.5, 0.6) is 5.75 Å². The first-order valence-corrected chi connectivity index (χ1v) is 9.86. The van der Waals surface area contributed by atoms with Gasteiger partial charge in [-0.05, 0) is 36.8 Å². The number of nitrogens with zero attached hydrogens (tertiary/aromatic N) is 2. The fourth-order valence-corrected chi connectivity index (χ4v) is 4.58. The molecular formula is C19H22N2O4S. The van der Waals surface area contributed by atoms with E-state index in [4.69, 9.17) is 4.74 Å². The van der Waals surface area contributed by atoms with Gasteiger partial charge in [0.25, 0.3) is 5.91 Å². The minimum absolute atomic E-state index is 0.143. The van der Waals surface area contributed by atoms with E-state index in [1.165, 1.54) is 11.4 Å². The summed E-state index contributed by atoms with van der Waals surface area (Å²) in [5.41, 5.74) is 1.39. The number of carbonyl (C=O) groups excluding carboxylic acids is 1. The number of rotatable bonds is 4. The second-order valence-electron chi connectivity index (χ2n) is 6.21. The third-order valence-electron chi connectivity index (χ3n) is 4.49. The Labute approximate surface area is 154 Å². The van der Waals surface area contributed by atoms with Gasteiger partial charge >= 0.3 is 0 Å². The van der Waals surface area contributed by atoms with Gasteiger partial charge in [-0.15, -0.1) is 0 Å². The first kappa shape index (κ1) is 18.4. The first-order valence-electron chi connectivity index (χ1n) is 8.42. The van der Waals surface area contributed by atoms with E-state index in [-0.39, 0.29) is 19.0 Å². The molecule has 3 rings (SSSR count). The van der Waals surface area contributed by atoms with Crippen molar-refractivity contribution < 1.29 is 17.9 Å². The smallest absolute Gasteiger partial charge is 0.257 e. The summed E-state index contributed by atoms with van der Waals surface area (Å²) in [6, 6.07) is 13.9. The predicted octanol–water partition coefficient (Wildman–Crippen LogP) is 2.15. The van der Waals surface area contributed by atoms with Crippen molar-refractivity contribution >= 4 is 15.9 Å². The molecular weight excluding hydrogens is 352 g/mol. The molecule has 7 heteroatoms. The van der Waals surface area contributed by atoms with Crippen LogP contribution in [0.2, 0.25) is 0 Å². The highest BCUT2D eigenvalue weighted by molar-refractivity contribution is 7.89. The van der Waals surface area contributed by atoms with Gasteiger partial charge < -0.3 is 9.64 Å². The van der Waals surface area contributed by atoms with E-state index >= 15 is 0 Å². The zero-order valence-corrected chi connectivity index (χ0v) is 15.7. The number of aryl methyl sites for hydroxylation is 1. The molecule has 26 heavy (non-hydrogen) atoms. The van der Waals surface area contributed by atoms with Gasteiger partial charge in [-0.1, -0.05) is 24.3 Å². The quantitative estimate of drug-likeness (QED) is 0.822. The summed E-state index contributed by atoms with van der Waals surface area (Å²) in [4.78, 5) is 14.7. The highest BCUT2D eigenvalue weighted by Gasteiger charge is 2.31. The van der Waals surface area contributed by atoms with Crippen LogP contribution in [0.15, 0.2) is 53.4 Å². The highest BCUT2D eigenvalue weighted by atomic mass is 32.2. The van der Waals surface area contributed by atoms with Gasteiger partial charge in [0, 0.05) is 26.2 Å². The van der Waals surface area contributed by atoms with Gasteiger partial charge in [0.05, 0.1) is 17.6 Å². The Morgan fingerprint density at radius 1 is 1.00 bits per heavy atom. The molecule has 0 saturated carbocycles. The Balaban J connectivity index is 1.72. The lowest BCUT2D eigenvalue weighted by Gasteiger charge is -2.34. The number of carbonyl (C=O) groups is 1. The molecule has 0 aromatic heterocycles. The Hall–Kier alpha value is -2.38. The minimum atomic E-state index is -3.54. The molecule has 0 spiro atoms. The van der Waals surface area contributed by atoms with Crippen LogP contribution in [0.4, 0.5) is 0 Å². The second-order valence-corrected chi connectivity index (χ2v) is 8.15. The topological polar surface area (TPSA) is 66.9 Å². The summed E-state index contributed by atoms with van der Waals surface area (Å²) in [7, 11) is -2.01. The van der Waals surface area contributed by atoms with Crippen LogP contribution in [0.1, 0.15) is 15.9 Å². The molecule has 138 valence electrons. The second kappa shape index (κ2) is 7.47. The van der Waals surface area contributed by atoms with Gasteiger partial charge in [-0.3, -0.25) is 4.79 Å². The normalized spacial score (nSPS) is 15.7. The summed E-state index contributed by atoms with van der Waals surface area (Å²) >= 11 is 0. The lowest BCUT2D eigenvalue weighted by molar-refractivity contribution is 0.0694. The molecule has 1 aliphatic rings. The number of piperazine rings is 1. The SMILES string of the molecule is COc1ccccc1C(=O)N1CCN(S(=O)(=O)c2cccc(C)c2)CC1. The Bertz CT molecular complexity index is 903. The van der Waals surface area contributed by atoms with Gasteiger partial charge in [0.2, 0.25) is 10.0 Å². The van der Waals surface area contributed by atoms with Crippen molar-refractivity contribution in [1.82, 2.24) is 9.21 Å². The molecule has 0 aliphatic carbocycles. The van der Waals surface area contributed by atoms with E-state index in [0.29, 0.717) is 29.3 Å². The van der Waals surface area contributed by atoms with Crippen molar-refractivity contribution in [2.45, 2.75) is 11.8 Å². The van der Waals surface area contributed by atoms with Gasteiger partial charge in [-0.2, -0.15) is 4.31 Å². The number of benzene rings is 2. The predicted molar refractivity (Wildman–Crippen MR) is 98.8 cm³/mol. The van der Waals surface area contributed by atoms with Gasteiger partial charge in [0.1, 0.15) is 5.75 Å². The minimum Gasteiger partial charge on any atom is -0.496 e. The van der Waals surface area contributed by atoms with E-state index in [0.717, 1.165) is 5.56 Å². The van der Waals surface area contributed by atoms with Gasteiger partial charge in [0.15, 0.2) is 0 Å². The Morgan fingerprint density at radius 3 is 2.35 bits per heavy atom. The number of hydrogen-bond acceptors (Lipinski definition) is 4. The van der Waals surface area contributed by atoms with Crippen molar-refractivity contribution in [3.8, 4) is 5.75 Å². The third kappa shape index (κ3) is 3.59. The molecule has 1 heterocycles. The zero-order chi connectivity index (χ0) is 18.7. The number of methoxy groups -OCH3 is 1. The molecule has 1 fully saturated rings. The van der Waals surface area contributed by atoms with E-state index in [1.807, 2.05) is 19.1 Å². The summed E-state index contributed by atoms with van der Waals surface area (Å²) in [6.07, 6.45) is 0. The van der Waals surface area contributed by atoms with E-state index < -0.39 is 10.0 Å². The largest absolute Gasteiger partial charge is 0.496 e. The van der Waals surface area contributed by atoms with E-state index in [2.05, 4.69) is 0 Å². The zero-order valence-electron chi connectivity index (χ0n) is 14.9. The molecule has 1 amide bonds. The molecule has 0 N–H and O–H groups in total. The number of hydrogen-bond donors (Lipinski definition) is 0.